The number of imidazole rings is 1. The van der Waals surface area contributed by atoms with Crippen LogP contribution < -0.4 is 5.69 Å². The number of carbonyl (C=O) groups excluding carboxylic acids is 1. The number of nitrogens with one attached hydrogen (secondary N) is 1. The monoisotopic (exact) mass is 215 g/mol. The average molecular weight is 215 g/mol. The third kappa shape index (κ3) is 1.61. The van der Waals surface area contributed by atoms with Crippen molar-refractivity contribution in [3.8, 4) is 6.07 Å². The van der Waals surface area contributed by atoms with Gasteiger partial charge in [0.1, 0.15) is 6.29 Å². The molecule has 0 radical (unpaired) electrons. The number of aryl methyl sites for hydroxylation is 1. The van der Waals surface area contributed by atoms with Gasteiger partial charge in [0.15, 0.2) is 0 Å². The lowest BCUT2D eigenvalue weighted by molar-refractivity contribution is -0.108. The summed E-state index contributed by atoms with van der Waals surface area (Å²) < 4.78 is 1.49. The second-order valence-electron chi connectivity index (χ2n) is 3.38. The molecule has 1 aromatic heterocycles. The molecule has 0 aliphatic heterocycles. The van der Waals surface area contributed by atoms with Crippen molar-refractivity contribution in [2.24, 2.45) is 0 Å². The Labute approximate surface area is 90.9 Å². The molecular formula is C11H9N3O2. The van der Waals surface area contributed by atoms with Gasteiger partial charge in [0.2, 0.25) is 0 Å². The molecule has 2 rings (SSSR count). The topological polar surface area (TPSA) is 78.7 Å². The van der Waals surface area contributed by atoms with Gasteiger partial charge in [0.25, 0.3) is 0 Å². The summed E-state index contributed by atoms with van der Waals surface area (Å²) in [5.74, 6) is 0. The molecule has 1 aromatic carbocycles. The largest absolute Gasteiger partial charge is 0.326 e. The van der Waals surface area contributed by atoms with Crippen molar-refractivity contribution in [1.82, 2.24) is 9.55 Å². The van der Waals surface area contributed by atoms with Crippen molar-refractivity contribution >= 4 is 17.3 Å². The SMILES string of the molecule is N#Cc1ccc2c(c1)[nH]c(=O)n2CCC=O. The van der Waals surface area contributed by atoms with Crippen LogP contribution in [-0.2, 0) is 11.3 Å². The van der Waals surface area contributed by atoms with Crippen molar-refractivity contribution < 1.29 is 4.79 Å². The molecule has 0 spiro atoms. The minimum absolute atomic E-state index is 0.257. The Morgan fingerprint density at radius 2 is 2.31 bits per heavy atom. The number of hydrogen-bond acceptors (Lipinski definition) is 3. The molecule has 0 saturated heterocycles. The third-order valence-corrected chi connectivity index (χ3v) is 2.37. The average Bonchev–Trinajstić information content (AvgIpc) is 2.61. The lowest BCUT2D eigenvalue weighted by atomic mass is 10.2. The number of nitriles is 1. The van der Waals surface area contributed by atoms with Crippen LogP contribution in [0.5, 0.6) is 0 Å². The first-order chi connectivity index (χ1) is 7.76. The molecule has 1 N–H and O–H groups in total. The molecule has 0 amide bonds. The molecule has 0 bridgehead atoms. The van der Waals surface area contributed by atoms with Crippen LogP contribution in [0, 0.1) is 11.3 Å². The van der Waals surface area contributed by atoms with Crippen molar-refractivity contribution in [3.05, 3.63) is 34.2 Å². The molecule has 5 heteroatoms. The van der Waals surface area contributed by atoms with Crippen LogP contribution in [0.2, 0.25) is 0 Å². The molecule has 0 aliphatic rings. The fourth-order valence-corrected chi connectivity index (χ4v) is 1.64. The standard InChI is InChI=1S/C11H9N3O2/c12-7-8-2-3-10-9(6-8)13-11(16)14(10)4-1-5-15/h2-3,5-6H,1,4H2,(H,13,16). The lowest BCUT2D eigenvalue weighted by Crippen LogP contribution is -2.16. The first kappa shape index (κ1) is 10.2. The maximum Gasteiger partial charge on any atom is 0.326 e. The Kier molecular flexibility index (Phi) is 2.56. The van der Waals surface area contributed by atoms with Crippen molar-refractivity contribution in [2.75, 3.05) is 0 Å². The van der Waals surface area contributed by atoms with Gasteiger partial charge in [-0.15, -0.1) is 0 Å². The number of aromatic nitrogens is 2. The summed E-state index contributed by atoms with van der Waals surface area (Å²) in [4.78, 5) is 24.5. The lowest BCUT2D eigenvalue weighted by Gasteiger charge is -1.98. The second kappa shape index (κ2) is 4.03. The summed E-state index contributed by atoms with van der Waals surface area (Å²) in [6.07, 6.45) is 1.07. The number of rotatable bonds is 3. The van der Waals surface area contributed by atoms with E-state index < -0.39 is 0 Å². The zero-order chi connectivity index (χ0) is 11.5. The van der Waals surface area contributed by atoms with E-state index in [2.05, 4.69) is 4.98 Å². The molecule has 1 heterocycles. The fraction of sp³-hybridized carbons (Fsp3) is 0.182. The Hall–Kier alpha value is -2.35. The second-order valence-corrected chi connectivity index (χ2v) is 3.38. The van der Waals surface area contributed by atoms with Gasteiger partial charge < -0.3 is 9.78 Å². The van der Waals surface area contributed by atoms with E-state index in [1.54, 1.807) is 18.2 Å². The first-order valence-electron chi connectivity index (χ1n) is 4.82. The molecule has 80 valence electrons. The molecule has 0 unspecified atom stereocenters. The van der Waals surface area contributed by atoms with Crippen molar-refractivity contribution in [2.45, 2.75) is 13.0 Å². The van der Waals surface area contributed by atoms with Gasteiger partial charge in [-0.25, -0.2) is 4.79 Å². The van der Waals surface area contributed by atoms with E-state index >= 15 is 0 Å². The van der Waals surface area contributed by atoms with Gasteiger partial charge in [-0.3, -0.25) is 4.57 Å². The molecule has 0 saturated carbocycles. The highest BCUT2D eigenvalue weighted by atomic mass is 16.1. The predicted molar refractivity (Wildman–Crippen MR) is 58.0 cm³/mol. The molecule has 0 atom stereocenters. The van der Waals surface area contributed by atoms with Crippen molar-refractivity contribution in [1.29, 1.82) is 5.26 Å². The van der Waals surface area contributed by atoms with Gasteiger partial charge in [-0.1, -0.05) is 0 Å². The maximum atomic E-state index is 11.6. The van der Waals surface area contributed by atoms with E-state index in [1.807, 2.05) is 6.07 Å². The van der Waals surface area contributed by atoms with Crippen LogP contribution in [0.1, 0.15) is 12.0 Å². The number of benzene rings is 1. The van der Waals surface area contributed by atoms with E-state index in [-0.39, 0.29) is 5.69 Å². The number of aromatic amines is 1. The third-order valence-electron chi connectivity index (χ3n) is 2.37. The number of nitrogens with zero attached hydrogens (tertiary/aromatic N) is 2. The number of fused-ring (bicyclic) bond motifs is 1. The zero-order valence-electron chi connectivity index (χ0n) is 8.43. The van der Waals surface area contributed by atoms with Crippen LogP contribution in [0.15, 0.2) is 23.0 Å². The number of hydrogen-bond donors (Lipinski definition) is 1. The highest BCUT2D eigenvalue weighted by Gasteiger charge is 2.06. The van der Waals surface area contributed by atoms with E-state index in [0.29, 0.717) is 29.6 Å². The summed E-state index contributed by atoms with van der Waals surface area (Å²) in [5, 5.41) is 8.72. The van der Waals surface area contributed by atoms with Crippen molar-refractivity contribution in [3.63, 3.8) is 0 Å². The number of carbonyl (C=O) groups is 1. The van der Waals surface area contributed by atoms with Gasteiger partial charge >= 0.3 is 5.69 Å². The molecule has 16 heavy (non-hydrogen) atoms. The summed E-state index contributed by atoms with van der Waals surface area (Å²) in [6, 6.07) is 6.97. The van der Waals surface area contributed by atoms with Gasteiger partial charge in [0.05, 0.1) is 22.7 Å². The van der Waals surface area contributed by atoms with E-state index in [9.17, 15) is 9.59 Å². The Balaban J connectivity index is 2.58. The Morgan fingerprint density at radius 1 is 1.50 bits per heavy atom. The summed E-state index contributed by atoms with van der Waals surface area (Å²) >= 11 is 0. The van der Waals surface area contributed by atoms with Gasteiger partial charge in [0, 0.05) is 13.0 Å². The normalized spacial score (nSPS) is 10.2. The van der Waals surface area contributed by atoms with Crippen LogP contribution in [0.25, 0.3) is 11.0 Å². The van der Waals surface area contributed by atoms with Gasteiger partial charge in [-0.2, -0.15) is 5.26 Å². The highest BCUT2D eigenvalue weighted by molar-refractivity contribution is 5.77. The predicted octanol–water partition coefficient (Wildman–Crippen LogP) is 0.790. The Morgan fingerprint density at radius 3 is 3.00 bits per heavy atom. The smallest absolute Gasteiger partial charge is 0.305 e. The molecule has 0 fully saturated rings. The van der Waals surface area contributed by atoms with E-state index in [0.717, 1.165) is 6.29 Å². The summed E-state index contributed by atoms with van der Waals surface area (Å²) in [5.41, 5.74) is 1.57. The Bertz CT molecular complexity index is 631. The molecule has 5 nitrogen and oxygen atoms in total. The van der Waals surface area contributed by atoms with Gasteiger partial charge in [-0.05, 0) is 18.2 Å². The van der Waals surface area contributed by atoms with E-state index in [1.165, 1.54) is 4.57 Å². The maximum absolute atomic E-state index is 11.6. The summed E-state index contributed by atoms with van der Waals surface area (Å²) in [7, 11) is 0. The zero-order valence-corrected chi connectivity index (χ0v) is 8.43. The minimum Gasteiger partial charge on any atom is -0.305 e. The molecule has 0 aliphatic carbocycles. The van der Waals surface area contributed by atoms with E-state index in [4.69, 9.17) is 5.26 Å². The fourth-order valence-electron chi connectivity index (χ4n) is 1.64. The summed E-state index contributed by atoms with van der Waals surface area (Å²) in [6.45, 7) is 0.355. The molecular weight excluding hydrogens is 206 g/mol. The highest BCUT2D eigenvalue weighted by Crippen LogP contribution is 2.12. The minimum atomic E-state index is -0.257. The number of H-pyrrole nitrogens is 1. The van der Waals surface area contributed by atoms with Crippen LogP contribution >= 0.6 is 0 Å². The first-order valence-corrected chi connectivity index (χ1v) is 4.82. The number of aldehydes is 1. The van der Waals surface area contributed by atoms with Crippen LogP contribution in [0.3, 0.4) is 0 Å². The molecule has 2 aromatic rings. The van der Waals surface area contributed by atoms with Crippen LogP contribution in [0.4, 0.5) is 0 Å². The van der Waals surface area contributed by atoms with Crippen LogP contribution in [-0.4, -0.2) is 15.8 Å². The quantitative estimate of drug-likeness (QED) is 0.769.